The van der Waals surface area contributed by atoms with Crippen molar-refractivity contribution in [2.75, 3.05) is 10.6 Å². The smallest absolute Gasteiger partial charge is 0.253 e. The second kappa shape index (κ2) is 13.5. The lowest BCUT2D eigenvalue weighted by molar-refractivity contribution is -0.117. The van der Waals surface area contributed by atoms with Gasteiger partial charge >= 0.3 is 0 Å². The predicted octanol–water partition coefficient (Wildman–Crippen LogP) is 6.44. The van der Waals surface area contributed by atoms with E-state index >= 15 is 0 Å². The SMILES string of the molecule is Cc1cc(-c2ccc3c(c2Cc2ccccn2)CCC(=O)N3)cn(C)c1=O.O=C1CCc2c(ccc(Cl)c2Cc2ccccn2)N1. The Morgan fingerprint density at radius 2 is 1.30 bits per heavy atom. The van der Waals surface area contributed by atoms with Gasteiger partial charge in [-0.25, -0.2) is 0 Å². The number of carbonyl (C=O) groups is 2. The summed E-state index contributed by atoms with van der Waals surface area (Å²) in [6, 6.07) is 21.4. The van der Waals surface area contributed by atoms with Crippen molar-refractivity contribution < 1.29 is 9.59 Å². The Labute approximate surface area is 272 Å². The molecule has 9 heteroatoms. The van der Waals surface area contributed by atoms with Crippen molar-refractivity contribution in [3.63, 3.8) is 0 Å². The zero-order valence-electron chi connectivity index (χ0n) is 25.8. The summed E-state index contributed by atoms with van der Waals surface area (Å²) in [5, 5.41) is 6.61. The van der Waals surface area contributed by atoms with Crippen molar-refractivity contribution in [2.45, 2.75) is 45.4 Å². The van der Waals surface area contributed by atoms with E-state index in [9.17, 15) is 14.4 Å². The molecule has 2 aromatic carbocycles. The standard InChI is InChI=1S/C22H21N3O2.C15H13ClN2O/c1-14-11-15(13-25(2)22(14)27)17-6-8-20-18(7-9-21(26)24-20)19(17)12-16-5-3-4-10-23-16;16-13-5-6-14-11(4-7-15(19)18-14)12(13)9-10-3-1-2-8-17-10/h3-6,8,10-11,13H,7,9,12H2,1-2H3,(H,24,26);1-3,5-6,8H,4,7,9H2,(H,18,19). The molecule has 0 aliphatic carbocycles. The zero-order valence-corrected chi connectivity index (χ0v) is 26.5. The minimum absolute atomic E-state index is 0.00949. The monoisotopic (exact) mass is 631 g/mol. The maximum absolute atomic E-state index is 12.1. The van der Waals surface area contributed by atoms with E-state index in [-0.39, 0.29) is 17.4 Å². The first-order chi connectivity index (χ1) is 22.3. The van der Waals surface area contributed by atoms with Crippen LogP contribution in [-0.4, -0.2) is 26.3 Å². The number of aryl methyl sites for hydroxylation is 2. The summed E-state index contributed by atoms with van der Waals surface area (Å²) in [7, 11) is 1.77. The summed E-state index contributed by atoms with van der Waals surface area (Å²) in [4.78, 5) is 44.2. The first-order valence-electron chi connectivity index (χ1n) is 15.3. The van der Waals surface area contributed by atoms with Crippen LogP contribution in [0.25, 0.3) is 11.1 Å². The second-order valence-corrected chi connectivity index (χ2v) is 12.0. The molecule has 0 saturated heterocycles. The number of hydrogen-bond acceptors (Lipinski definition) is 5. The highest BCUT2D eigenvalue weighted by atomic mass is 35.5. The zero-order chi connectivity index (χ0) is 32.2. The van der Waals surface area contributed by atoms with Gasteiger partial charge in [0.2, 0.25) is 11.8 Å². The predicted molar refractivity (Wildman–Crippen MR) is 181 cm³/mol. The fourth-order valence-electron chi connectivity index (χ4n) is 6.12. The summed E-state index contributed by atoms with van der Waals surface area (Å²) in [5.74, 6) is 0.121. The minimum Gasteiger partial charge on any atom is -0.326 e. The number of aromatic nitrogens is 3. The summed E-state index contributed by atoms with van der Waals surface area (Å²) < 4.78 is 1.62. The van der Waals surface area contributed by atoms with Gasteiger partial charge in [0.15, 0.2) is 0 Å². The number of rotatable bonds is 5. The topological polar surface area (TPSA) is 106 Å². The van der Waals surface area contributed by atoms with E-state index in [0.29, 0.717) is 37.7 Å². The number of pyridine rings is 3. The van der Waals surface area contributed by atoms with Crippen LogP contribution in [0.1, 0.15) is 52.0 Å². The summed E-state index contributed by atoms with van der Waals surface area (Å²) in [6.45, 7) is 1.84. The maximum atomic E-state index is 12.1. The number of halogens is 1. The van der Waals surface area contributed by atoms with Crippen molar-refractivity contribution in [3.8, 4) is 11.1 Å². The number of amides is 2. The van der Waals surface area contributed by atoms with Gasteiger partial charge in [0.1, 0.15) is 0 Å². The van der Waals surface area contributed by atoms with Crippen molar-refractivity contribution in [3.05, 3.63) is 140 Å². The van der Waals surface area contributed by atoms with E-state index in [1.165, 1.54) is 0 Å². The number of anilines is 2. The molecule has 2 amide bonds. The molecule has 8 nitrogen and oxygen atoms in total. The van der Waals surface area contributed by atoms with Crippen LogP contribution in [0.2, 0.25) is 5.02 Å². The molecule has 0 radical (unpaired) electrons. The number of fused-ring (bicyclic) bond motifs is 2. The van der Waals surface area contributed by atoms with Gasteiger partial charge in [0.05, 0.1) is 0 Å². The highest BCUT2D eigenvalue weighted by Gasteiger charge is 2.22. The van der Waals surface area contributed by atoms with Gasteiger partial charge in [0.25, 0.3) is 5.56 Å². The van der Waals surface area contributed by atoms with Gasteiger partial charge in [-0.2, -0.15) is 0 Å². The Morgan fingerprint density at radius 3 is 1.87 bits per heavy atom. The number of hydrogen-bond donors (Lipinski definition) is 2. The Bertz CT molecular complexity index is 1960. The molecule has 5 heterocycles. The lowest BCUT2D eigenvalue weighted by Crippen LogP contribution is -2.21. The first-order valence-corrected chi connectivity index (χ1v) is 15.7. The molecule has 0 spiro atoms. The van der Waals surface area contributed by atoms with Gasteiger partial charge in [0, 0.05) is 84.7 Å². The quantitative estimate of drug-likeness (QED) is 0.232. The molecule has 46 heavy (non-hydrogen) atoms. The summed E-state index contributed by atoms with van der Waals surface area (Å²) in [5.41, 5.74) is 11.0. The van der Waals surface area contributed by atoms with Gasteiger partial charge in [-0.05, 0) is 102 Å². The number of nitrogens with zero attached hydrogens (tertiary/aromatic N) is 3. The van der Waals surface area contributed by atoms with Crippen molar-refractivity contribution in [1.82, 2.24) is 14.5 Å². The Morgan fingerprint density at radius 1 is 0.739 bits per heavy atom. The van der Waals surface area contributed by atoms with Crippen LogP contribution < -0.4 is 16.2 Å². The summed E-state index contributed by atoms with van der Waals surface area (Å²) >= 11 is 6.31. The third kappa shape index (κ3) is 6.77. The Kier molecular flexibility index (Phi) is 9.08. The molecule has 2 N–H and O–H groups in total. The van der Waals surface area contributed by atoms with Crippen LogP contribution in [-0.2, 0) is 42.3 Å². The fourth-order valence-corrected chi connectivity index (χ4v) is 6.37. The molecule has 232 valence electrons. The van der Waals surface area contributed by atoms with E-state index < -0.39 is 0 Å². The first kappa shape index (κ1) is 30.9. The minimum atomic E-state index is 0.00949. The highest BCUT2D eigenvalue weighted by molar-refractivity contribution is 6.31. The molecule has 5 aromatic rings. The number of benzene rings is 2. The molecule has 0 fully saturated rings. The van der Waals surface area contributed by atoms with Crippen LogP contribution in [0, 0.1) is 6.92 Å². The van der Waals surface area contributed by atoms with Crippen LogP contribution in [0.15, 0.2) is 90.1 Å². The van der Waals surface area contributed by atoms with Crippen LogP contribution in [0.3, 0.4) is 0 Å². The van der Waals surface area contributed by atoms with Crippen molar-refractivity contribution in [1.29, 1.82) is 0 Å². The average Bonchev–Trinajstić information content (AvgIpc) is 3.06. The second-order valence-electron chi connectivity index (χ2n) is 11.6. The lowest BCUT2D eigenvalue weighted by atomic mass is 9.88. The third-order valence-corrected chi connectivity index (χ3v) is 8.75. The fraction of sp³-hybridized carbons (Fsp3) is 0.216. The highest BCUT2D eigenvalue weighted by Crippen LogP contribution is 2.35. The van der Waals surface area contributed by atoms with E-state index in [1.54, 1.807) is 24.0 Å². The largest absolute Gasteiger partial charge is 0.326 e. The van der Waals surface area contributed by atoms with Crippen LogP contribution in [0.4, 0.5) is 11.4 Å². The number of nitrogens with one attached hydrogen (secondary N) is 2. The lowest BCUT2D eigenvalue weighted by Gasteiger charge is -2.23. The maximum Gasteiger partial charge on any atom is 0.253 e. The van der Waals surface area contributed by atoms with Crippen LogP contribution >= 0.6 is 11.6 Å². The van der Waals surface area contributed by atoms with E-state index in [2.05, 4.69) is 20.6 Å². The molecule has 0 atom stereocenters. The third-order valence-electron chi connectivity index (χ3n) is 8.40. The molecule has 0 saturated carbocycles. The Hall–Kier alpha value is -5.08. The molecular formula is C37H34ClN5O3. The molecule has 0 bridgehead atoms. The van der Waals surface area contributed by atoms with E-state index in [1.807, 2.05) is 79.9 Å². The van der Waals surface area contributed by atoms with Gasteiger partial charge in [-0.3, -0.25) is 24.4 Å². The van der Waals surface area contributed by atoms with Crippen molar-refractivity contribution >= 4 is 34.8 Å². The molecule has 7 rings (SSSR count). The normalized spacial score (nSPS) is 13.5. The van der Waals surface area contributed by atoms with Crippen molar-refractivity contribution in [2.24, 2.45) is 7.05 Å². The van der Waals surface area contributed by atoms with E-state index in [4.69, 9.17) is 11.6 Å². The summed E-state index contributed by atoms with van der Waals surface area (Å²) in [6.07, 6.45) is 9.27. The molecule has 3 aromatic heterocycles. The molecule has 2 aliphatic heterocycles. The van der Waals surface area contributed by atoms with Gasteiger partial charge < -0.3 is 15.2 Å². The van der Waals surface area contributed by atoms with E-state index in [0.717, 1.165) is 67.6 Å². The van der Waals surface area contributed by atoms with Crippen LogP contribution in [0.5, 0.6) is 0 Å². The molecular weight excluding hydrogens is 598 g/mol. The van der Waals surface area contributed by atoms with Gasteiger partial charge in [-0.15, -0.1) is 0 Å². The average molecular weight is 632 g/mol. The Balaban J connectivity index is 0.000000172. The molecule has 0 unspecified atom stereocenters. The molecule has 2 aliphatic rings. The number of carbonyl (C=O) groups excluding carboxylic acids is 2. The van der Waals surface area contributed by atoms with Gasteiger partial charge in [-0.1, -0.05) is 29.8 Å².